The molecule has 0 N–H and O–H groups in total. The van der Waals surface area contributed by atoms with Gasteiger partial charge in [0.25, 0.3) is 15.5 Å². The number of nitro benzene ring substituents is 1. The highest BCUT2D eigenvalue weighted by molar-refractivity contribution is 6.46. The van der Waals surface area contributed by atoms with E-state index < -0.39 is 0 Å². The molecular formula is C29H43NO4Si. The third-order valence-corrected chi connectivity index (χ3v) is 7.08. The van der Waals surface area contributed by atoms with E-state index >= 15 is 0 Å². The zero-order chi connectivity index (χ0) is 25.0. The summed E-state index contributed by atoms with van der Waals surface area (Å²) in [6, 6.07) is 14.6. The number of ether oxygens (including phenoxy) is 1. The lowest BCUT2D eigenvalue weighted by Gasteiger charge is -2.08. The normalized spacial score (nSPS) is 11.0. The summed E-state index contributed by atoms with van der Waals surface area (Å²) in [5, 5.41) is 12.1. The second-order valence-electron chi connectivity index (χ2n) is 9.25. The highest BCUT2D eigenvalue weighted by Gasteiger charge is 2.12. The van der Waals surface area contributed by atoms with E-state index in [-0.39, 0.29) is 27.0 Å². The fraction of sp³-hybridized carbons (Fsp3) is 0.586. The largest absolute Gasteiger partial charge is 0.494 e. The van der Waals surface area contributed by atoms with Crippen LogP contribution in [0.4, 0.5) is 5.69 Å². The van der Waals surface area contributed by atoms with Crippen molar-refractivity contribution in [3.05, 3.63) is 64.2 Å². The Morgan fingerprint density at radius 3 is 1.86 bits per heavy atom. The molecule has 2 aromatic rings. The molecule has 0 aliphatic carbocycles. The Morgan fingerprint density at radius 2 is 1.29 bits per heavy atom. The van der Waals surface area contributed by atoms with Gasteiger partial charge in [0.2, 0.25) is 0 Å². The first-order valence-corrected chi connectivity index (χ1v) is 14.4. The van der Waals surface area contributed by atoms with Crippen molar-refractivity contribution in [3.63, 3.8) is 0 Å². The molecule has 0 aromatic heterocycles. The van der Waals surface area contributed by atoms with Crippen molar-refractivity contribution in [1.82, 2.24) is 0 Å². The smallest absolute Gasteiger partial charge is 0.274 e. The van der Waals surface area contributed by atoms with Gasteiger partial charge in [-0.1, -0.05) is 115 Å². The van der Waals surface area contributed by atoms with E-state index in [9.17, 15) is 10.1 Å². The zero-order valence-electron chi connectivity index (χ0n) is 21.5. The number of hydrogen-bond donors (Lipinski definition) is 0. The third-order valence-electron chi connectivity index (χ3n) is 6.23. The zero-order valence-corrected chi connectivity index (χ0v) is 22.5. The Bertz CT molecular complexity index is 813. The Hall–Kier alpha value is -2.18. The molecule has 35 heavy (non-hydrogen) atoms. The van der Waals surface area contributed by atoms with Gasteiger partial charge in [-0.3, -0.25) is 10.1 Å². The quantitative estimate of drug-likeness (QED) is 0.0760. The Labute approximate surface area is 214 Å². The average Bonchev–Trinajstić information content (AvgIpc) is 2.87. The van der Waals surface area contributed by atoms with Crippen molar-refractivity contribution in [1.29, 1.82) is 0 Å². The predicted molar refractivity (Wildman–Crippen MR) is 146 cm³/mol. The molecule has 2 rings (SSSR count). The van der Waals surface area contributed by atoms with Gasteiger partial charge in [0.05, 0.1) is 23.7 Å². The summed E-state index contributed by atoms with van der Waals surface area (Å²) in [7, 11) is 0.139. The standard InChI is InChI=1S/C29H43NO4Si/c1-2-3-4-5-6-7-8-9-10-11-12-13-14-17-24-33-27-20-22-28(23-21-27)35-34-25-26-18-15-16-19-29(26)30(31)32/h15-16,18-23H,2-14,17,24-25H2,1H3. The Kier molecular flexibility index (Phi) is 15.8. The SMILES string of the molecule is CCCCCCCCCCCCCCCCOc1ccc([Si]OCc2ccccc2[N+](=O)[O-])cc1. The molecular weight excluding hydrogens is 454 g/mol. The molecule has 0 amide bonds. The molecule has 0 spiro atoms. The molecule has 192 valence electrons. The molecule has 6 heteroatoms. The molecule has 0 atom stereocenters. The summed E-state index contributed by atoms with van der Waals surface area (Å²) in [5.41, 5.74) is 0.697. The van der Waals surface area contributed by atoms with Gasteiger partial charge < -0.3 is 9.16 Å². The lowest BCUT2D eigenvalue weighted by Crippen LogP contribution is -2.17. The summed E-state index contributed by atoms with van der Waals surface area (Å²) in [6.07, 6.45) is 19.0. The molecule has 0 unspecified atom stereocenters. The number of nitro groups is 1. The summed E-state index contributed by atoms with van der Waals surface area (Å²) < 4.78 is 11.6. The first-order chi connectivity index (χ1) is 17.2. The predicted octanol–water partition coefficient (Wildman–Crippen LogP) is 7.92. The van der Waals surface area contributed by atoms with Crippen molar-refractivity contribution in [2.75, 3.05) is 6.61 Å². The molecule has 0 aliphatic heterocycles. The molecule has 0 saturated heterocycles. The van der Waals surface area contributed by atoms with Crippen LogP contribution in [0.3, 0.4) is 0 Å². The van der Waals surface area contributed by atoms with Crippen LogP contribution in [0.5, 0.6) is 5.75 Å². The van der Waals surface area contributed by atoms with Crippen molar-refractivity contribution in [3.8, 4) is 5.75 Å². The molecule has 2 radical (unpaired) electrons. The van der Waals surface area contributed by atoms with Gasteiger partial charge in [-0.2, -0.15) is 0 Å². The summed E-state index contributed by atoms with van der Waals surface area (Å²) >= 11 is 0. The maximum atomic E-state index is 11.1. The van der Waals surface area contributed by atoms with Crippen molar-refractivity contribution in [2.45, 2.75) is 103 Å². The maximum Gasteiger partial charge on any atom is 0.274 e. The van der Waals surface area contributed by atoms with Crippen molar-refractivity contribution < 1.29 is 14.1 Å². The van der Waals surface area contributed by atoms with E-state index in [4.69, 9.17) is 9.16 Å². The third kappa shape index (κ3) is 13.5. The van der Waals surface area contributed by atoms with E-state index in [2.05, 4.69) is 6.92 Å². The minimum absolute atomic E-state index is 0.101. The Morgan fingerprint density at radius 1 is 0.743 bits per heavy atom. The minimum atomic E-state index is -0.369. The number of nitrogens with zero attached hydrogens (tertiary/aromatic N) is 1. The van der Waals surface area contributed by atoms with E-state index in [1.54, 1.807) is 18.2 Å². The number of rotatable bonds is 21. The minimum Gasteiger partial charge on any atom is -0.494 e. The van der Waals surface area contributed by atoms with Gasteiger partial charge >= 0.3 is 0 Å². The molecule has 0 heterocycles. The topological polar surface area (TPSA) is 61.6 Å². The number of hydrogen-bond acceptors (Lipinski definition) is 4. The highest BCUT2D eigenvalue weighted by atomic mass is 28.2. The first-order valence-electron chi connectivity index (χ1n) is 13.5. The highest BCUT2D eigenvalue weighted by Crippen LogP contribution is 2.18. The second kappa shape index (κ2) is 19.1. The van der Waals surface area contributed by atoms with Crippen LogP contribution in [0.15, 0.2) is 48.5 Å². The van der Waals surface area contributed by atoms with E-state index in [1.807, 2.05) is 24.3 Å². The molecule has 0 bridgehead atoms. The van der Waals surface area contributed by atoms with Crippen molar-refractivity contribution in [2.24, 2.45) is 0 Å². The van der Waals surface area contributed by atoms with Crippen LogP contribution >= 0.6 is 0 Å². The van der Waals surface area contributed by atoms with E-state index in [0.717, 1.165) is 24.0 Å². The average molecular weight is 498 g/mol. The second-order valence-corrected chi connectivity index (χ2v) is 10.3. The number of benzene rings is 2. The summed E-state index contributed by atoms with van der Waals surface area (Å²) in [4.78, 5) is 10.7. The van der Waals surface area contributed by atoms with E-state index in [1.165, 1.54) is 89.5 Å². The fourth-order valence-corrected chi connectivity index (χ4v) is 4.81. The van der Waals surface area contributed by atoms with Gasteiger partial charge in [-0.05, 0) is 29.8 Å². The van der Waals surface area contributed by atoms with Crippen LogP contribution in [-0.4, -0.2) is 21.3 Å². The van der Waals surface area contributed by atoms with Crippen LogP contribution in [0.1, 0.15) is 102 Å². The maximum absolute atomic E-state index is 11.1. The number of para-hydroxylation sites is 1. The van der Waals surface area contributed by atoms with Gasteiger partial charge in [0.15, 0.2) is 0 Å². The van der Waals surface area contributed by atoms with Crippen molar-refractivity contribution >= 4 is 20.6 Å². The molecule has 0 fully saturated rings. The monoisotopic (exact) mass is 497 g/mol. The lowest BCUT2D eigenvalue weighted by molar-refractivity contribution is -0.385. The van der Waals surface area contributed by atoms with Gasteiger partial charge in [-0.25, -0.2) is 0 Å². The first kappa shape index (κ1) is 29.0. The summed E-state index contributed by atoms with van der Waals surface area (Å²) in [5.74, 6) is 0.881. The molecule has 0 aliphatic rings. The lowest BCUT2D eigenvalue weighted by atomic mass is 10.0. The molecule has 0 saturated carbocycles. The molecule has 2 aromatic carbocycles. The van der Waals surface area contributed by atoms with E-state index in [0.29, 0.717) is 5.56 Å². The van der Waals surface area contributed by atoms with Crippen LogP contribution in [0.2, 0.25) is 0 Å². The number of unbranched alkanes of at least 4 members (excludes halogenated alkanes) is 13. The van der Waals surface area contributed by atoms with Crippen LogP contribution < -0.4 is 9.92 Å². The summed E-state index contributed by atoms with van der Waals surface area (Å²) in [6.45, 7) is 3.26. The van der Waals surface area contributed by atoms with Crippen LogP contribution in [-0.2, 0) is 11.0 Å². The van der Waals surface area contributed by atoms with Gasteiger partial charge in [0, 0.05) is 6.07 Å². The van der Waals surface area contributed by atoms with Crippen LogP contribution in [0.25, 0.3) is 0 Å². The van der Waals surface area contributed by atoms with Gasteiger partial charge in [-0.15, -0.1) is 0 Å². The fourth-order valence-electron chi connectivity index (χ4n) is 4.11. The Balaban J connectivity index is 1.44. The van der Waals surface area contributed by atoms with Crippen LogP contribution in [0, 0.1) is 10.1 Å². The molecule has 5 nitrogen and oxygen atoms in total. The van der Waals surface area contributed by atoms with Gasteiger partial charge in [0.1, 0.15) is 5.75 Å².